The van der Waals surface area contributed by atoms with Gasteiger partial charge in [-0.05, 0) is 12.1 Å². The summed E-state index contributed by atoms with van der Waals surface area (Å²) < 4.78 is 24.1. The van der Waals surface area contributed by atoms with E-state index >= 15 is 0 Å². The van der Waals surface area contributed by atoms with Crippen LogP contribution in [0.3, 0.4) is 0 Å². The van der Waals surface area contributed by atoms with Crippen LogP contribution in [0.4, 0.5) is 0 Å². The highest BCUT2D eigenvalue weighted by molar-refractivity contribution is 7.72. The maximum Gasteiger partial charge on any atom is 0.466 e. The molecule has 164 valence electrons. The third-order valence-corrected chi connectivity index (χ3v) is 7.26. The number of hydrogen-bond acceptors (Lipinski definition) is 5. The van der Waals surface area contributed by atoms with E-state index in [1.165, 1.54) is 26.4 Å². The molecular formula is C22H14Cl4O5P+. The van der Waals surface area contributed by atoms with E-state index in [0.717, 1.165) is 0 Å². The zero-order valence-electron chi connectivity index (χ0n) is 16.6. The Morgan fingerprint density at radius 2 is 1.25 bits per heavy atom. The van der Waals surface area contributed by atoms with Crippen molar-refractivity contribution in [1.82, 2.24) is 0 Å². The summed E-state index contributed by atoms with van der Waals surface area (Å²) in [5, 5.41) is -0.563. The molecule has 1 atom stereocenters. The highest BCUT2D eigenvalue weighted by Gasteiger charge is 2.45. The van der Waals surface area contributed by atoms with E-state index in [9.17, 15) is 14.2 Å². The molecule has 0 bridgehead atoms. The predicted molar refractivity (Wildman–Crippen MR) is 127 cm³/mol. The third kappa shape index (κ3) is 4.36. The zero-order chi connectivity index (χ0) is 23.6. The topological polar surface area (TPSA) is 69.7 Å². The first-order chi connectivity index (χ1) is 15.2. The van der Waals surface area contributed by atoms with Crippen LogP contribution in [0.2, 0.25) is 20.1 Å². The number of carbonyl (C=O) groups is 2. The van der Waals surface area contributed by atoms with E-state index in [1.807, 2.05) is 0 Å². The summed E-state index contributed by atoms with van der Waals surface area (Å²) in [7, 11) is -0.395. The highest BCUT2D eigenvalue weighted by Crippen LogP contribution is 2.47. The molecule has 1 unspecified atom stereocenters. The van der Waals surface area contributed by atoms with Crippen molar-refractivity contribution in [3.63, 3.8) is 0 Å². The van der Waals surface area contributed by atoms with Crippen LogP contribution >= 0.6 is 54.2 Å². The van der Waals surface area contributed by atoms with Gasteiger partial charge in [0.25, 0.3) is 5.30 Å². The molecule has 0 spiro atoms. The molecule has 0 aromatic heterocycles. The minimum Gasteiger partial charge on any atom is -0.491 e. The Bertz CT molecular complexity index is 1190. The fourth-order valence-corrected chi connectivity index (χ4v) is 6.04. The molecule has 0 saturated heterocycles. The van der Waals surface area contributed by atoms with Gasteiger partial charge in [-0.15, -0.1) is 0 Å². The van der Waals surface area contributed by atoms with Crippen LogP contribution in [0, 0.1) is 0 Å². The van der Waals surface area contributed by atoms with Gasteiger partial charge in [-0.1, -0.05) is 87.4 Å². The van der Waals surface area contributed by atoms with E-state index in [0.29, 0.717) is 5.56 Å². The molecule has 10 heteroatoms. The Morgan fingerprint density at radius 3 is 1.72 bits per heavy atom. The van der Waals surface area contributed by atoms with Crippen molar-refractivity contribution in [3.8, 4) is 11.5 Å². The van der Waals surface area contributed by atoms with E-state index in [1.54, 1.807) is 36.4 Å². The molecule has 3 aromatic rings. The Hall–Kier alpha value is -2.14. The molecular weight excluding hydrogens is 517 g/mol. The van der Waals surface area contributed by atoms with E-state index in [-0.39, 0.29) is 48.0 Å². The van der Waals surface area contributed by atoms with Crippen molar-refractivity contribution in [2.24, 2.45) is 0 Å². The molecule has 0 radical (unpaired) electrons. The second kappa shape index (κ2) is 10.2. The van der Waals surface area contributed by atoms with E-state index in [4.69, 9.17) is 55.9 Å². The molecule has 0 aliphatic heterocycles. The Balaban J connectivity index is 2.25. The maximum absolute atomic E-state index is 13.4. The number of hydrogen-bond donors (Lipinski definition) is 0. The lowest BCUT2D eigenvalue weighted by molar-refractivity contribution is 0.103. The average Bonchev–Trinajstić information content (AvgIpc) is 2.78. The molecule has 0 amide bonds. The van der Waals surface area contributed by atoms with Crippen LogP contribution in [0.25, 0.3) is 0 Å². The van der Waals surface area contributed by atoms with Crippen molar-refractivity contribution in [2.45, 2.75) is 0 Å². The Morgan fingerprint density at radius 1 is 0.750 bits per heavy atom. The molecule has 0 heterocycles. The Kier molecular flexibility index (Phi) is 7.81. The van der Waals surface area contributed by atoms with Gasteiger partial charge in [0.05, 0.1) is 29.8 Å². The second-order valence-electron chi connectivity index (χ2n) is 6.31. The highest BCUT2D eigenvalue weighted by atomic mass is 35.5. The molecule has 0 aliphatic rings. The van der Waals surface area contributed by atoms with Crippen LogP contribution in [-0.2, 0) is 4.57 Å². The lowest BCUT2D eigenvalue weighted by Crippen LogP contribution is -2.16. The van der Waals surface area contributed by atoms with Crippen molar-refractivity contribution in [3.05, 3.63) is 85.3 Å². The first kappa shape index (κ1) is 24.5. The van der Waals surface area contributed by atoms with Gasteiger partial charge in [-0.2, -0.15) is 0 Å². The summed E-state index contributed by atoms with van der Waals surface area (Å²) in [6.45, 7) is 0. The minimum absolute atomic E-state index is 0.0249. The monoisotopic (exact) mass is 529 g/mol. The van der Waals surface area contributed by atoms with Crippen LogP contribution in [0.15, 0.2) is 48.5 Å². The summed E-state index contributed by atoms with van der Waals surface area (Å²) in [4.78, 5) is 26.2. The Labute approximate surface area is 204 Å². The van der Waals surface area contributed by atoms with Gasteiger partial charge in [0.15, 0.2) is 17.3 Å². The summed E-state index contributed by atoms with van der Waals surface area (Å²) in [5.74, 6) is -0.853. The predicted octanol–water partition coefficient (Wildman–Crippen LogP) is 6.84. The number of carbonyl (C=O) groups excluding carboxylic acids is 2. The summed E-state index contributed by atoms with van der Waals surface area (Å²) in [6, 6.07) is 12.7. The molecule has 0 N–H and O–H groups in total. The molecule has 32 heavy (non-hydrogen) atoms. The van der Waals surface area contributed by atoms with Crippen LogP contribution < -0.4 is 14.8 Å². The average molecular weight is 531 g/mol. The van der Waals surface area contributed by atoms with Crippen molar-refractivity contribution in [1.29, 1.82) is 0 Å². The van der Waals surface area contributed by atoms with Gasteiger partial charge in [-0.25, -0.2) is 4.79 Å². The second-order valence-corrected chi connectivity index (χ2v) is 9.32. The fraction of sp³-hybridized carbons (Fsp3) is 0.0909. The van der Waals surface area contributed by atoms with Gasteiger partial charge in [0.2, 0.25) is 0 Å². The molecule has 5 nitrogen and oxygen atoms in total. The maximum atomic E-state index is 13.4. The fourth-order valence-electron chi connectivity index (χ4n) is 3.03. The lowest BCUT2D eigenvalue weighted by atomic mass is 10.0. The van der Waals surface area contributed by atoms with Crippen LogP contribution in [-0.4, -0.2) is 25.5 Å². The number of ketones is 1. The number of methoxy groups -OCH3 is 2. The summed E-state index contributed by atoms with van der Waals surface area (Å²) in [6.07, 6.45) is 0. The molecule has 0 saturated carbocycles. The molecule has 3 rings (SSSR count). The quantitative estimate of drug-likeness (QED) is 0.247. The van der Waals surface area contributed by atoms with Gasteiger partial charge < -0.3 is 9.47 Å². The number of ether oxygens (including phenoxy) is 2. The normalized spacial score (nSPS) is 11.1. The van der Waals surface area contributed by atoms with E-state index in [2.05, 4.69) is 0 Å². The molecule has 3 aromatic carbocycles. The minimum atomic E-state index is -2.91. The first-order valence-electron chi connectivity index (χ1n) is 8.92. The van der Waals surface area contributed by atoms with Crippen molar-refractivity contribution >= 4 is 70.8 Å². The van der Waals surface area contributed by atoms with Gasteiger partial charge in [-0.3, -0.25) is 4.79 Å². The van der Waals surface area contributed by atoms with Crippen LogP contribution in [0.1, 0.15) is 26.3 Å². The van der Waals surface area contributed by atoms with Gasteiger partial charge in [0.1, 0.15) is 15.6 Å². The lowest BCUT2D eigenvalue weighted by Gasteiger charge is -2.14. The molecule has 0 fully saturated rings. The third-order valence-electron chi connectivity index (χ3n) is 4.50. The SMILES string of the molecule is COc1c(Cl)c(C(=O)c2ccccc2)c(Cl)c(OC)c1[P+](=O)C(=O)c1c(Cl)cccc1Cl. The number of benzene rings is 3. The van der Waals surface area contributed by atoms with Gasteiger partial charge in [0, 0.05) is 5.56 Å². The van der Waals surface area contributed by atoms with Crippen LogP contribution in [0.5, 0.6) is 11.5 Å². The molecule has 0 aliphatic carbocycles. The van der Waals surface area contributed by atoms with Crippen molar-refractivity contribution < 1.29 is 23.6 Å². The van der Waals surface area contributed by atoms with Crippen molar-refractivity contribution in [2.75, 3.05) is 14.2 Å². The smallest absolute Gasteiger partial charge is 0.466 e. The zero-order valence-corrected chi connectivity index (χ0v) is 20.5. The van der Waals surface area contributed by atoms with E-state index < -0.39 is 19.1 Å². The number of rotatable bonds is 7. The summed E-state index contributed by atoms with van der Waals surface area (Å²) >= 11 is 25.2. The standard InChI is InChI=1S/C22H14Cl4O5P/c1-30-19-16(25)15(18(27)11-7-4-3-5-8-11)17(26)20(31-2)21(19)32(29)22(28)14-12(23)9-6-10-13(14)24/h3-10H,1-2H3/q+1. The summed E-state index contributed by atoms with van der Waals surface area (Å²) in [5.41, 5.74) is -0.792. The van der Waals surface area contributed by atoms with Gasteiger partial charge >= 0.3 is 13.3 Å². The number of halogens is 4. The first-order valence-corrected chi connectivity index (χ1v) is 11.7. The largest absolute Gasteiger partial charge is 0.491 e.